The molecule has 2 N–H and O–H groups in total. The Balaban J connectivity index is 1.92. The van der Waals surface area contributed by atoms with E-state index in [1.54, 1.807) is 12.3 Å². The molecule has 1 aromatic carbocycles. The highest BCUT2D eigenvalue weighted by Gasteiger charge is 2.35. The average Bonchev–Trinajstić information content (AvgIpc) is 3.23. The first kappa shape index (κ1) is 13.9. The molecular formula is C17H20N2O2. The van der Waals surface area contributed by atoms with Crippen molar-refractivity contribution in [1.82, 2.24) is 0 Å². The molecule has 0 atom stereocenters. The number of carbonyl (C=O) groups excluding carboxylic acids is 1. The molecule has 1 heterocycles. The van der Waals surface area contributed by atoms with Crippen LogP contribution in [0.4, 0.5) is 5.69 Å². The maximum absolute atomic E-state index is 12.9. The highest BCUT2D eigenvalue weighted by molar-refractivity contribution is 6.07. The Kier molecular flexibility index (Phi) is 3.80. The van der Waals surface area contributed by atoms with Gasteiger partial charge in [-0.1, -0.05) is 19.1 Å². The van der Waals surface area contributed by atoms with E-state index in [-0.39, 0.29) is 5.91 Å². The third kappa shape index (κ3) is 2.72. The first-order chi connectivity index (χ1) is 10.2. The SMILES string of the molecule is CCc1occc1C(=O)N(c1ccc(CN)cc1)C1CC1. The standard InChI is InChI=1S/C17H20N2O2/c1-2-16-15(9-10-21-16)17(20)19(14-7-8-14)13-5-3-12(11-18)4-6-13/h3-6,9-10,14H,2,7-8,11,18H2,1H3. The minimum absolute atomic E-state index is 0.0311. The number of rotatable bonds is 5. The smallest absolute Gasteiger partial charge is 0.262 e. The van der Waals surface area contributed by atoms with Gasteiger partial charge in [0.25, 0.3) is 5.91 Å². The first-order valence-corrected chi connectivity index (χ1v) is 7.43. The summed E-state index contributed by atoms with van der Waals surface area (Å²) in [6.45, 7) is 2.51. The molecule has 0 aliphatic heterocycles. The van der Waals surface area contributed by atoms with Crippen molar-refractivity contribution in [3.05, 3.63) is 53.5 Å². The number of nitrogens with two attached hydrogens (primary N) is 1. The summed E-state index contributed by atoms with van der Waals surface area (Å²) in [7, 11) is 0. The second kappa shape index (κ2) is 5.74. The molecule has 0 spiro atoms. The number of benzene rings is 1. The van der Waals surface area contributed by atoms with Crippen LogP contribution in [0.5, 0.6) is 0 Å². The molecule has 1 amide bonds. The zero-order valence-corrected chi connectivity index (χ0v) is 12.2. The molecule has 1 saturated carbocycles. The Morgan fingerprint density at radius 2 is 2.00 bits per heavy atom. The minimum atomic E-state index is 0.0311. The topological polar surface area (TPSA) is 59.5 Å². The average molecular weight is 284 g/mol. The van der Waals surface area contributed by atoms with Gasteiger partial charge in [-0.3, -0.25) is 4.79 Å². The number of nitrogens with zero attached hydrogens (tertiary/aromatic N) is 1. The fourth-order valence-electron chi connectivity index (χ4n) is 2.55. The Bertz CT molecular complexity index is 626. The van der Waals surface area contributed by atoms with Crippen LogP contribution in [-0.2, 0) is 13.0 Å². The van der Waals surface area contributed by atoms with E-state index in [2.05, 4.69) is 0 Å². The number of anilines is 1. The molecule has 0 saturated heterocycles. The zero-order chi connectivity index (χ0) is 14.8. The molecule has 4 nitrogen and oxygen atoms in total. The van der Waals surface area contributed by atoms with Crippen molar-refractivity contribution in [3.8, 4) is 0 Å². The monoisotopic (exact) mass is 284 g/mol. The molecule has 1 aromatic heterocycles. The number of furan rings is 1. The first-order valence-electron chi connectivity index (χ1n) is 7.43. The van der Waals surface area contributed by atoms with E-state index in [4.69, 9.17) is 10.2 Å². The number of hydrogen-bond acceptors (Lipinski definition) is 3. The zero-order valence-electron chi connectivity index (χ0n) is 12.2. The molecule has 2 aromatic rings. The van der Waals surface area contributed by atoms with Crippen molar-refractivity contribution < 1.29 is 9.21 Å². The van der Waals surface area contributed by atoms with Crippen LogP contribution < -0.4 is 10.6 Å². The van der Waals surface area contributed by atoms with E-state index in [0.29, 0.717) is 18.2 Å². The van der Waals surface area contributed by atoms with E-state index in [1.807, 2.05) is 36.1 Å². The van der Waals surface area contributed by atoms with Gasteiger partial charge in [0.1, 0.15) is 5.76 Å². The third-order valence-corrected chi connectivity index (χ3v) is 3.88. The Morgan fingerprint density at radius 3 is 2.57 bits per heavy atom. The fraction of sp³-hybridized carbons (Fsp3) is 0.353. The van der Waals surface area contributed by atoms with Crippen LogP contribution in [0.15, 0.2) is 41.0 Å². The summed E-state index contributed by atoms with van der Waals surface area (Å²) < 4.78 is 5.39. The Hall–Kier alpha value is -2.07. The van der Waals surface area contributed by atoms with E-state index < -0.39 is 0 Å². The van der Waals surface area contributed by atoms with Gasteiger partial charge in [-0.2, -0.15) is 0 Å². The second-order valence-corrected chi connectivity index (χ2v) is 5.39. The van der Waals surface area contributed by atoms with Crippen LogP contribution in [0.3, 0.4) is 0 Å². The minimum Gasteiger partial charge on any atom is -0.469 e. The second-order valence-electron chi connectivity index (χ2n) is 5.39. The number of hydrogen-bond donors (Lipinski definition) is 1. The van der Waals surface area contributed by atoms with Crippen molar-refractivity contribution in [2.24, 2.45) is 5.73 Å². The summed E-state index contributed by atoms with van der Waals surface area (Å²) >= 11 is 0. The molecule has 110 valence electrons. The number of carbonyl (C=O) groups is 1. The predicted octanol–water partition coefficient (Wildman–Crippen LogP) is 3.11. The van der Waals surface area contributed by atoms with Gasteiger partial charge in [-0.15, -0.1) is 0 Å². The van der Waals surface area contributed by atoms with Gasteiger partial charge in [0.05, 0.1) is 11.8 Å². The van der Waals surface area contributed by atoms with Crippen LogP contribution in [0.2, 0.25) is 0 Å². The van der Waals surface area contributed by atoms with Crippen LogP contribution in [0.1, 0.15) is 41.4 Å². The molecule has 1 aliphatic carbocycles. The maximum Gasteiger partial charge on any atom is 0.262 e. The van der Waals surface area contributed by atoms with Gasteiger partial charge in [0, 0.05) is 24.7 Å². The van der Waals surface area contributed by atoms with Gasteiger partial charge >= 0.3 is 0 Å². The maximum atomic E-state index is 12.9. The lowest BCUT2D eigenvalue weighted by molar-refractivity contribution is 0.0983. The van der Waals surface area contributed by atoms with Crippen molar-refractivity contribution in [1.29, 1.82) is 0 Å². The van der Waals surface area contributed by atoms with Gasteiger partial charge in [-0.25, -0.2) is 0 Å². The summed E-state index contributed by atoms with van der Waals surface area (Å²) in [6, 6.07) is 9.99. The molecular weight excluding hydrogens is 264 g/mol. The molecule has 3 rings (SSSR count). The Labute approximate surface area is 124 Å². The summed E-state index contributed by atoms with van der Waals surface area (Å²) in [5.74, 6) is 0.785. The molecule has 0 radical (unpaired) electrons. The summed E-state index contributed by atoms with van der Waals surface area (Å²) in [4.78, 5) is 14.8. The van der Waals surface area contributed by atoms with Crippen LogP contribution in [0.25, 0.3) is 0 Å². The molecule has 21 heavy (non-hydrogen) atoms. The van der Waals surface area contributed by atoms with E-state index >= 15 is 0 Å². The molecule has 0 unspecified atom stereocenters. The largest absolute Gasteiger partial charge is 0.469 e. The van der Waals surface area contributed by atoms with Gasteiger partial charge in [0.2, 0.25) is 0 Å². The quantitative estimate of drug-likeness (QED) is 0.917. The molecule has 4 heteroatoms. The number of amides is 1. The van der Waals surface area contributed by atoms with Gasteiger partial charge < -0.3 is 15.1 Å². The van der Waals surface area contributed by atoms with Crippen molar-refractivity contribution in [3.63, 3.8) is 0 Å². The molecule has 1 aliphatic rings. The van der Waals surface area contributed by atoms with E-state index in [9.17, 15) is 4.79 Å². The lowest BCUT2D eigenvalue weighted by atomic mass is 10.1. The molecule has 1 fully saturated rings. The van der Waals surface area contributed by atoms with Crippen LogP contribution in [0, 0.1) is 0 Å². The van der Waals surface area contributed by atoms with Crippen molar-refractivity contribution >= 4 is 11.6 Å². The number of aryl methyl sites for hydroxylation is 1. The predicted molar refractivity (Wildman–Crippen MR) is 82.3 cm³/mol. The molecule has 0 bridgehead atoms. The highest BCUT2D eigenvalue weighted by Crippen LogP contribution is 2.33. The van der Waals surface area contributed by atoms with Crippen LogP contribution in [-0.4, -0.2) is 11.9 Å². The Morgan fingerprint density at radius 1 is 1.29 bits per heavy atom. The summed E-state index contributed by atoms with van der Waals surface area (Å²) in [5.41, 5.74) is 8.31. The van der Waals surface area contributed by atoms with E-state index in [0.717, 1.165) is 36.3 Å². The normalized spacial score (nSPS) is 14.2. The lowest BCUT2D eigenvalue weighted by Crippen LogP contribution is -2.33. The highest BCUT2D eigenvalue weighted by atomic mass is 16.3. The summed E-state index contributed by atoms with van der Waals surface area (Å²) in [6.07, 6.45) is 4.43. The fourth-order valence-corrected chi connectivity index (χ4v) is 2.55. The van der Waals surface area contributed by atoms with Gasteiger partial charge in [0.15, 0.2) is 0 Å². The summed E-state index contributed by atoms with van der Waals surface area (Å²) in [5, 5.41) is 0. The van der Waals surface area contributed by atoms with E-state index in [1.165, 1.54) is 0 Å². The van der Waals surface area contributed by atoms with Gasteiger partial charge in [-0.05, 0) is 36.6 Å². The third-order valence-electron chi connectivity index (χ3n) is 3.88. The lowest BCUT2D eigenvalue weighted by Gasteiger charge is -2.22. The van der Waals surface area contributed by atoms with Crippen LogP contribution >= 0.6 is 0 Å². The van der Waals surface area contributed by atoms with Crippen molar-refractivity contribution in [2.45, 2.75) is 38.8 Å². The van der Waals surface area contributed by atoms with Crippen molar-refractivity contribution in [2.75, 3.05) is 4.90 Å².